The molecule has 1 aliphatic heterocycles. The second kappa shape index (κ2) is 5.17. The van der Waals surface area contributed by atoms with Crippen molar-refractivity contribution in [3.8, 4) is 0 Å². The Morgan fingerprint density at radius 1 is 1.58 bits per heavy atom. The van der Waals surface area contributed by atoms with Gasteiger partial charge in [-0.3, -0.25) is 9.89 Å². The average molecular weight is 282 g/mol. The third-order valence-corrected chi connectivity index (χ3v) is 5.29. The molecule has 3 N–H and O–H groups in total. The number of hydrogen-bond acceptors (Lipinski definition) is 4. The van der Waals surface area contributed by atoms with Crippen molar-refractivity contribution >= 4 is 17.7 Å². The molecule has 106 valence electrons. The molecule has 0 unspecified atom stereocenters. The topological polar surface area (TPSA) is 75.0 Å². The van der Waals surface area contributed by atoms with Gasteiger partial charge < -0.3 is 10.6 Å². The summed E-state index contributed by atoms with van der Waals surface area (Å²) in [5.41, 5.74) is 9.41. The van der Waals surface area contributed by atoms with Gasteiger partial charge in [0.25, 0.3) is 0 Å². The number of fused-ring (bicyclic) bond motifs is 1. The number of nitrogens with one attached hydrogen (secondary N) is 1. The summed E-state index contributed by atoms with van der Waals surface area (Å²) in [5.74, 6) is 0.0330. The number of carbonyl (C=O) groups excluding carboxylic acids is 1. The molecule has 0 radical (unpaired) electrons. The zero-order valence-corrected chi connectivity index (χ0v) is 12.8. The van der Waals surface area contributed by atoms with Gasteiger partial charge in [-0.25, -0.2) is 0 Å². The Hall–Kier alpha value is -1.01. The monoisotopic (exact) mass is 282 g/mol. The summed E-state index contributed by atoms with van der Waals surface area (Å²) in [5, 5.41) is 7.25. The number of carbonyl (C=O) groups is 1. The molecule has 19 heavy (non-hydrogen) atoms. The maximum Gasteiger partial charge on any atom is 0.241 e. The van der Waals surface area contributed by atoms with Crippen LogP contribution in [0.15, 0.2) is 0 Å². The van der Waals surface area contributed by atoms with Gasteiger partial charge in [-0.1, -0.05) is 0 Å². The van der Waals surface area contributed by atoms with E-state index in [2.05, 4.69) is 10.2 Å². The summed E-state index contributed by atoms with van der Waals surface area (Å²) in [6.07, 6.45) is 2.79. The van der Waals surface area contributed by atoms with E-state index in [1.54, 1.807) is 11.8 Å². The molecule has 0 aromatic carbocycles. The van der Waals surface area contributed by atoms with E-state index < -0.39 is 6.04 Å². The highest BCUT2D eigenvalue weighted by Gasteiger charge is 2.35. The lowest BCUT2D eigenvalue weighted by Gasteiger charge is -2.35. The molecule has 6 heteroatoms. The Morgan fingerprint density at radius 2 is 2.26 bits per heavy atom. The number of hydrogen-bond donors (Lipinski definition) is 2. The van der Waals surface area contributed by atoms with Crippen LogP contribution in [0.2, 0.25) is 0 Å². The Balaban J connectivity index is 2.13. The van der Waals surface area contributed by atoms with Gasteiger partial charge in [0.2, 0.25) is 5.91 Å². The van der Waals surface area contributed by atoms with Crippen LogP contribution in [0, 0.1) is 6.92 Å². The van der Waals surface area contributed by atoms with Crippen LogP contribution in [0.4, 0.5) is 0 Å². The Bertz CT molecular complexity index is 483. The first kappa shape index (κ1) is 14.4. The van der Waals surface area contributed by atoms with Gasteiger partial charge in [0.15, 0.2) is 0 Å². The number of H-pyrrole nitrogens is 1. The molecule has 1 aliphatic rings. The van der Waals surface area contributed by atoms with Gasteiger partial charge in [0, 0.05) is 35.5 Å². The third-order valence-electron chi connectivity index (χ3n) is 3.98. The predicted octanol–water partition coefficient (Wildman–Crippen LogP) is 1.07. The number of rotatable bonds is 3. The van der Waals surface area contributed by atoms with Crippen LogP contribution in [-0.2, 0) is 17.8 Å². The number of nitrogens with two attached hydrogens (primary N) is 1. The molecule has 2 heterocycles. The lowest BCUT2D eigenvalue weighted by Crippen LogP contribution is -2.54. The molecule has 1 aromatic heterocycles. The van der Waals surface area contributed by atoms with Gasteiger partial charge in [0.05, 0.1) is 11.7 Å². The van der Waals surface area contributed by atoms with Gasteiger partial charge in [-0.15, -0.1) is 0 Å². The van der Waals surface area contributed by atoms with Crippen molar-refractivity contribution in [3.05, 3.63) is 17.0 Å². The second-order valence-electron chi connectivity index (χ2n) is 5.57. The van der Waals surface area contributed by atoms with Crippen LogP contribution >= 0.6 is 11.8 Å². The number of thioether (sulfide) groups is 1. The summed E-state index contributed by atoms with van der Waals surface area (Å²) < 4.78 is -0.247. The summed E-state index contributed by atoms with van der Waals surface area (Å²) in [6, 6.07) is -0.476. The first-order valence-electron chi connectivity index (χ1n) is 6.49. The largest absolute Gasteiger partial charge is 0.336 e. The Morgan fingerprint density at radius 3 is 2.89 bits per heavy atom. The fourth-order valence-corrected chi connectivity index (χ4v) is 2.59. The van der Waals surface area contributed by atoms with E-state index in [1.165, 1.54) is 0 Å². The predicted molar refractivity (Wildman–Crippen MR) is 78.0 cm³/mol. The van der Waals surface area contributed by atoms with Crippen molar-refractivity contribution in [3.63, 3.8) is 0 Å². The van der Waals surface area contributed by atoms with Crippen molar-refractivity contribution in [1.29, 1.82) is 0 Å². The van der Waals surface area contributed by atoms with E-state index in [9.17, 15) is 4.79 Å². The van der Waals surface area contributed by atoms with Crippen LogP contribution in [0.25, 0.3) is 0 Å². The minimum absolute atomic E-state index is 0.0330. The van der Waals surface area contributed by atoms with Crippen LogP contribution in [0.1, 0.15) is 30.8 Å². The third kappa shape index (κ3) is 2.65. The fraction of sp³-hybridized carbons (Fsp3) is 0.692. The Kier molecular flexibility index (Phi) is 3.92. The standard InChI is InChI=1S/C13H22N4OS/c1-8-9-7-17(6-5-10(9)16-15-8)12(18)11(14)13(2,3)19-4/h11H,5-7,14H2,1-4H3,(H,15,16)/t11-/m1/s1. The van der Waals surface area contributed by atoms with Crippen molar-refractivity contribution in [2.75, 3.05) is 12.8 Å². The van der Waals surface area contributed by atoms with E-state index >= 15 is 0 Å². The molecule has 0 aliphatic carbocycles. The van der Waals surface area contributed by atoms with Crippen LogP contribution < -0.4 is 5.73 Å². The minimum atomic E-state index is -0.476. The van der Waals surface area contributed by atoms with Crippen molar-refractivity contribution < 1.29 is 4.79 Å². The number of amides is 1. The van der Waals surface area contributed by atoms with Gasteiger partial charge in [0.1, 0.15) is 0 Å². The number of nitrogens with zero attached hydrogens (tertiary/aromatic N) is 2. The van der Waals surface area contributed by atoms with Gasteiger partial charge in [-0.05, 0) is 27.0 Å². The molecule has 0 spiro atoms. The molecule has 1 amide bonds. The molecule has 0 saturated heterocycles. The molecule has 1 aromatic rings. The minimum Gasteiger partial charge on any atom is -0.336 e. The van der Waals surface area contributed by atoms with Crippen molar-refractivity contribution in [1.82, 2.24) is 15.1 Å². The molecular weight excluding hydrogens is 260 g/mol. The maximum atomic E-state index is 12.5. The molecule has 0 saturated carbocycles. The Labute approximate surface area is 118 Å². The molecule has 0 bridgehead atoms. The summed E-state index contributed by atoms with van der Waals surface area (Å²) in [7, 11) is 0. The highest BCUT2D eigenvalue weighted by atomic mass is 32.2. The second-order valence-corrected chi connectivity index (χ2v) is 7.03. The first-order valence-corrected chi connectivity index (χ1v) is 7.71. The lowest BCUT2D eigenvalue weighted by atomic mass is 10.00. The highest BCUT2D eigenvalue weighted by molar-refractivity contribution is 8.00. The van der Waals surface area contributed by atoms with Crippen molar-refractivity contribution in [2.45, 2.75) is 44.5 Å². The number of aryl methyl sites for hydroxylation is 1. The normalized spacial score (nSPS) is 17.2. The van der Waals surface area contributed by atoms with Crippen LogP contribution in [0.3, 0.4) is 0 Å². The smallest absolute Gasteiger partial charge is 0.241 e. The average Bonchev–Trinajstić information content (AvgIpc) is 2.78. The summed E-state index contributed by atoms with van der Waals surface area (Å²) in [4.78, 5) is 14.4. The quantitative estimate of drug-likeness (QED) is 0.869. The lowest BCUT2D eigenvalue weighted by molar-refractivity contribution is -0.134. The molecule has 0 fully saturated rings. The van der Waals surface area contributed by atoms with Gasteiger partial charge >= 0.3 is 0 Å². The molecule has 5 nitrogen and oxygen atoms in total. The van der Waals surface area contributed by atoms with E-state index in [4.69, 9.17) is 5.73 Å². The molecule has 1 atom stereocenters. The zero-order valence-electron chi connectivity index (χ0n) is 12.0. The van der Waals surface area contributed by atoms with E-state index in [1.807, 2.05) is 31.9 Å². The van der Waals surface area contributed by atoms with Crippen molar-refractivity contribution in [2.24, 2.45) is 5.73 Å². The fourth-order valence-electron chi connectivity index (χ4n) is 2.24. The summed E-state index contributed by atoms with van der Waals surface area (Å²) >= 11 is 1.63. The first-order chi connectivity index (χ1) is 8.86. The van der Waals surface area contributed by atoms with Crippen LogP contribution in [0.5, 0.6) is 0 Å². The summed E-state index contributed by atoms with van der Waals surface area (Å²) in [6.45, 7) is 7.34. The molecular formula is C13H22N4OS. The van der Waals surface area contributed by atoms with Crippen LogP contribution in [-0.4, -0.2) is 44.6 Å². The zero-order chi connectivity index (χ0) is 14.2. The maximum absolute atomic E-state index is 12.5. The number of aromatic nitrogens is 2. The van der Waals surface area contributed by atoms with E-state index in [-0.39, 0.29) is 10.7 Å². The van der Waals surface area contributed by atoms with Gasteiger partial charge in [-0.2, -0.15) is 16.9 Å². The van der Waals surface area contributed by atoms with E-state index in [0.29, 0.717) is 13.1 Å². The molecule has 2 rings (SSSR count). The number of aromatic amines is 1. The highest BCUT2D eigenvalue weighted by Crippen LogP contribution is 2.27. The SMILES string of the molecule is CSC(C)(C)[C@H](N)C(=O)N1CCc2n[nH]c(C)c2C1. The van der Waals surface area contributed by atoms with E-state index in [0.717, 1.165) is 23.4 Å².